The van der Waals surface area contributed by atoms with Crippen LogP contribution in [0.25, 0.3) is 0 Å². The maximum Gasteiger partial charge on any atom is 0.175 e. The standard InChI is InChI=1S/C9H12N2OS/c12-8(9-5-10-6-13-9)4-7-2-1-3-11-7/h5-7,11H,1-4H2. The number of carbonyl (C=O) groups is 1. The average Bonchev–Trinajstić information content (AvgIpc) is 2.74. The summed E-state index contributed by atoms with van der Waals surface area (Å²) in [6.45, 7) is 1.06. The van der Waals surface area contributed by atoms with Gasteiger partial charge in [0.15, 0.2) is 5.78 Å². The van der Waals surface area contributed by atoms with E-state index in [1.54, 1.807) is 11.7 Å². The summed E-state index contributed by atoms with van der Waals surface area (Å²) < 4.78 is 0. The van der Waals surface area contributed by atoms with Crippen molar-refractivity contribution >= 4 is 17.1 Å². The molecule has 0 aromatic carbocycles. The Bertz CT molecular complexity index is 278. The summed E-state index contributed by atoms with van der Waals surface area (Å²) in [6, 6.07) is 0.398. The van der Waals surface area contributed by atoms with Crippen molar-refractivity contribution in [2.24, 2.45) is 0 Å². The first-order valence-electron chi connectivity index (χ1n) is 4.51. The van der Waals surface area contributed by atoms with Crippen LogP contribution >= 0.6 is 11.3 Å². The van der Waals surface area contributed by atoms with Crippen LogP contribution in [-0.2, 0) is 0 Å². The monoisotopic (exact) mass is 196 g/mol. The lowest BCUT2D eigenvalue weighted by molar-refractivity contribution is 0.0975. The number of rotatable bonds is 3. The summed E-state index contributed by atoms with van der Waals surface area (Å²) in [6.07, 6.45) is 4.61. The van der Waals surface area contributed by atoms with E-state index in [2.05, 4.69) is 10.3 Å². The number of Topliss-reactive ketones (excluding diaryl/α,β-unsaturated/α-hetero) is 1. The van der Waals surface area contributed by atoms with Crippen LogP contribution in [0.1, 0.15) is 28.9 Å². The van der Waals surface area contributed by atoms with Gasteiger partial charge < -0.3 is 5.32 Å². The first kappa shape index (κ1) is 8.84. The molecule has 1 fully saturated rings. The Morgan fingerprint density at radius 3 is 3.31 bits per heavy atom. The van der Waals surface area contributed by atoms with E-state index in [1.807, 2.05) is 0 Å². The molecule has 2 heterocycles. The minimum atomic E-state index is 0.224. The molecule has 1 aromatic rings. The summed E-state index contributed by atoms with van der Waals surface area (Å²) >= 11 is 1.43. The minimum absolute atomic E-state index is 0.224. The van der Waals surface area contributed by atoms with Gasteiger partial charge in [-0.1, -0.05) is 0 Å². The fourth-order valence-electron chi connectivity index (χ4n) is 1.61. The number of aromatic nitrogens is 1. The van der Waals surface area contributed by atoms with Gasteiger partial charge >= 0.3 is 0 Å². The molecule has 0 spiro atoms. The predicted octanol–water partition coefficient (Wildman–Crippen LogP) is 1.47. The van der Waals surface area contributed by atoms with Gasteiger partial charge in [0.2, 0.25) is 0 Å². The average molecular weight is 196 g/mol. The Labute approximate surface area is 81.2 Å². The molecule has 1 atom stereocenters. The molecule has 70 valence electrons. The zero-order valence-corrected chi connectivity index (χ0v) is 8.14. The molecule has 0 radical (unpaired) electrons. The van der Waals surface area contributed by atoms with Crippen molar-refractivity contribution in [3.63, 3.8) is 0 Å². The number of hydrogen-bond donors (Lipinski definition) is 1. The molecule has 1 aliphatic heterocycles. The van der Waals surface area contributed by atoms with Crippen molar-refractivity contribution in [2.75, 3.05) is 6.54 Å². The van der Waals surface area contributed by atoms with E-state index in [4.69, 9.17) is 0 Å². The fraction of sp³-hybridized carbons (Fsp3) is 0.556. The van der Waals surface area contributed by atoms with Crippen LogP contribution in [0, 0.1) is 0 Å². The van der Waals surface area contributed by atoms with Crippen LogP contribution in [0.15, 0.2) is 11.7 Å². The van der Waals surface area contributed by atoms with Crippen LogP contribution in [-0.4, -0.2) is 23.4 Å². The lowest BCUT2D eigenvalue weighted by Crippen LogP contribution is -2.24. The van der Waals surface area contributed by atoms with Crippen molar-refractivity contribution in [3.05, 3.63) is 16.6 Å². The van der Waals surface area contributed by atoms with Gasteiger partial charge in [-0.05, 0) is 19.4 Å². The van der Waals surface area contributed by atoms with Crippen LogP contribution in [0.5, 0.6) is 0 Å². The molecule has 0 bridgehead atoms. The van der Waals surface area contributed by atoms with E-state index >= 15 is 0 Å². The minimum Gasteiger partial charge on any atom is -0.314 e. The molecular weight excluding hydrogens is 184 g/mol. The van der Waals surface area contributed by atoms with Gasteiger partial charge in [-0.3, -0.25) is 9.78 Å². The lowest BCUT2D eigenvalue weighted by Gasteiger charge is -2.06. The quantitative estimate of drug-likeness (QED) is 0.744. The highest BCUT2D eigenvalue weighted by atomic mass is 32.1. The third-order valence-corrected chi connectivity index (χ3v) is 3.12. The first-order valence-corrected chi connectivity index (χ1v) is 5.39. The van der Waals surface area contributed by atoms with Crippen LogP contribution in [0.4, 0.5) is 0 Å². The third-order valence-electron chi connectivity index (χ3n) is 2.30. The summed E-state index contributed by atoms with van der Waals surface area (Å²) in [5, 5.41) is 3.31. The molecule has 0 amide bonds. The number of carbonyl (C=O) groups excluding carboxylic acids is 1. The van der Waals surface area contributed by atoms with Gasteiger partial charge in [0.05, 0.1) is 10.4 Å². The zero-order chi connectivity index (χ0) is 9.10. The Morgan fingerprint density at radius 2 is 2.69 bits per heavy atom. The third kappa shape index (κ3) is 2.14. The van der Waals surface area contributed by atoms with E-state index in [1.165, 1.54) is 17.8 Å². The van der Waals surface area contributed by atoms with Gasteiger partial charge in [-0.2, -0.15) is 0 Å². The Balaban J connectivity index is 1.91. The molecule has 1 saturated heterocycles. The lowest BCUT2D eigenvalue weighted by atomic mass is 10.1. The summed E-state index contributed by atoms with van der Waals surface area (Å²) in [4.78, 5) is 16.3. The van der Waals surface area contributed by atoms with Crippen molar-refractivity contribution in [1.29, 1.82) is 0 Å². The molecule has 4 heteroatoms. The van der Waals surface area contributed by atoms with Crippen LogP contribution < -0.4 is 5.32 Å². The molecule has 0 saturated carbocycles. The van der Waals surface area contributed by atoms with Crippen molar-refractivity contribution in [1.82, 2.24) is 10.3 Å². The van der Waals surface area contributed by atoms with Gasteiger partial charge in [-0.25, -0.2) is 0 Å². The van der Waals surface area contributed by atoms with Gasteiger partial charge in [0.1, 0.15) is 0 Å². The smallest absolute Gasteiger partial charge is 0.175 e. The van der Waals surface area contributed by atoms with Crippen molar-refractivity contribution < 1.29 is 4.79 Å². The maximum atomic E-state index is 11.6. The van der Waals surface area contributed by atoms with Gasteiger partial charge in [0, 0.05) is 18.7 Å². The largest absolute Gasteiger partial charge is 0.314 e. The number of thiazole rings is 1. The molecular formula is C9H12N2OS. The number of hydrogen-bond acceptors (Lipinski definition) is 4. The second-order valence-electron chi connectivity index (χ2n) is 3.29. The van der Waals surface area contributed by atoms with E-state index in [0.717, 1.165) is 17.8 Å². The Kier molecular flexibility index (Phi) is 2.71. The molecule has 0 aliphatic carbocycles. The molecule has 2 rings (SSSR count). The second-order valence-corrected chi connectivity index (χ2v) is 4.17. The predicted molar refractivity (Wildman–Crippen MR) is 52.1 cm³/mol. The Hall–Kier alpha value is -0.740. The molecule has 1 aromatic heterocycles. The maximum absolute atomic E-state index is 11.6. The number of ketones is 1. The fourth-order valence-corrected chi connectivity index (χ4v) is 2.18. The summed E-state index contributed by atoms with van der Waals surface area (Å²) in [5.41, 5.74) is 1.70. The van der Waals surface area contributed by atoms with E-state index < -0.39 is 0 Å². The van der Waals surface area contributed by atoms with E-state index in [9.17, 15) is 4.79 Å². The van der Waals surface area contributed by atoms with E-state index in [0.29, 0.717) is 12.5 Å². The highest BCUT2D eigenvalue weighted by Gasteiger charge is 2.18. The van der Waals surface area contributed by atoms with Crippen LogP contribution in [0.3, 0.4) is 0 Å². The highest BCUT2D eigenvalue weighted by molar-refractivity contribution is 7.11. The molecule has 1 N–H and O–H groups in total. The summed E-state index contributed by atoms with van der Waals surface area (Å²) in [5.74, 6) is 0.224. The molecule has 1 unspecified atom stereocenters. The zero-order valence-electron chi connectivity index (χ0n) is 7.32. The SMILES string of the molecule is O=C(CC1CCCN1)c1cncs1. The number of nitrogens with zero attached hydrogens (tertiary/aromatic N) is 1. The summed E-state index contributed by atoms with van der Waals surface area (Å²) in [7, 11) is 0. The van der Waals surface area contributed by atoms with Crippen molar-refractivity contribution in [2.45, 2.75) is 25.3 Å². The molecule has 1 aliphatic rings. The van der Waals surface area contributed by atoms with E-state index in [-0.39, 0.29) is 5.78 Å². The first-order chi connectivity index (χ1) is 6.36. The second kappa shape index (κ2) is 3.98. The molecule has 3 nitrogen and oxygen atoms in total. The van der Waals surface area contributed by atoms with Crippen molar-refractivity contribution in [3.8, 4) is 0 Å². The number of nitrogens with one attached hydrogen (secondary N) is 1. The Morgan fingerprint density at radius 1 is 1.77 bits per heavy atom. The van der Waals surface area contributed by atoms with Gasteiger partial charge in [0.25, 0.3) is 0 Å². The highest BCUT2D eigenvalue weighted by Crippen LogP contribution is 2.14. The normalized spacial score (nSPS) is 22.0. The van der Waals surface area contributed by atoms with Gasteiger partial charge in [-0.15, -0.1) is 11.3 Å². The molecule has 13 heavy (non-hydrogen) atoms. The topological polar surface area (TPSA) is 42.0 Å². The van der Waals surface area contributed by atoms with Crippen LogP contribution in [0.2, 0.25) is 0 Å².